The third-order valence-electron chi connectivity index (χ3n) is 4.01. The smallest absolute Gasteiger partial charge is 0.275 e. The Bertz CT molecular complexity index is 956. The quantitative estimate of drug-likeness (QED) is 0.738. The number of hydrogen-bond donors (Lipinski definition) is 2. The summed E-state index contributed by atoms with van der Waals surface area (Å²) in [7, 11) is 0. The van der Waals surface area contributed by atoms with Crippen LogP contribution in [0.15, 0.2) is 54.9 Å². The molecule has 4 rings (SSSR count). The highest BCUT2D eigenvalue weighted by molar-refractivity contribution is 6.02. The molecule has 136 valence electrons. The fourth-order valence-corrected chi connectivity index (χ4v) is 2.61. The molecule has 0 saturated heterocycles. The van der Waals surface area contributed by atoms with E-state index in [4.69, 9.17) is 9.47 Å². The van der Waals surface area contributed by atoms with Crippen molar-refractivity contribution in [1.29, 1.82) is 0 Å². The van der Waals surface area contributed by atoms with E-state index < -0.39 is 0 Å². The minimum atomic E-state index is -0.346. The number of anilines is 3. The van der Waals surface area contributed by atoms with Gasteiger partial charge in [-0.3, -0.25) is 4.79 Å². The van der Waals surface area contributed by atoms with Crippen LogP contribution in [0.5, 0.6) is 11.5 Å². The number of rotatable bonds is 4. The Kier molecular flexibility index (Phi) is 4.57. The maximum Gasteiger partial charge on any atom is 0.275 e. The number of nitrogens with zero attached hydrogens (tertiary/aromatic N) is 2. The van der Waals surface area contributed by atoms with Gasteiger partial charge in [0.15, 0.2) is 11.5 Å². The number of aromatic nitrogens is 2. The highest BCUT2D eigenvalue weighted by atomic mass is 16.6. The molecule has 7 nitrogen and oxygen atoms in total. The Labute approximate surface area is 156 Å². The normalized spacial score (nSPS) is 12.3. The average Bonchev–Trinajstić information content (AvgIpc) is 2.70. The van der Waals surface area contributed by atoms with Gasteiger partial charge in [0.25, 0.3) is 5.91 Å². The first-order valence-corrected chi connectivity index (χ1v) is 8.54. The van der Waals surface area contributed by atoms with E-state index in [0.29, 0.717) is 36.2 Å². The molecule has 2 aromatic carbocycles. The summed E-state index contributed by atoms with van der Waals surface area (Å²) < 4.78 is 11.0. The predicted molar refractivity (Wildman–Crippen MR) is 102 cm³/mol. The third kappa shape index (κ3) is 3.98. The average molecular weight is 362 g/mol. The zero-order valence-electron chi connectivity index (χ0n) is 14.7. The minimum Gasteiger partial charge on any atom is -0.486 e. The van der Waals surface area contributed by atoms with Crippen LogP contribution < -0.4 is 20.1 Å². The van der Waals surface area contributed by atoms with Crippen LogP contribution in [0, 0.1) is 6.92 Å². The van der Waals surface area contributed by atoms with E-state index in [1.54, 1.807) is 18.2 Å². The van der Waals surface area contributed by atoms with Gasteiger partial charge in [-0.25, -0.2) is 9.97 Å². The summed E-state index contributed by atoms with van der Waals surface area (Å²) in [6.45, 7) is 3.04. The van der Waals surface area contributed by atoms with E-state index in [0.717, 1.165) is 5.69 Å². The van der Waals surface area contributed by atoms with Crippen molar-refractivity contribution in [3.8, 4) is 11.5 Å². The molecule has 1 aliphatic heterocycles. The van der Waals surface area contributed by atoms with Crippen molar-refractivity contribution in [2.24, 2.45) is 0 Å². The van der Waals surface area contributed by atoms with Crippen molar-refractivity contribution in [3.63, 3.8) is 0 Å². The van der Waals surface area contributed by atoms with Crippen LogP contribution in [-0.2, 0) is 0 Å². The zero-order valence-corrected chi connectivity index (χ0v) is 14.7. The lowest BCUT2D eigenvalue weighted by Gasteiger charge is -2.18. The molecule has 27 heavy (non-hydrogen) atoms. The first kappa shape index (κ1) is 16.8. The predicted octanol–water partition coefficient (Wildman–Crippen LogP) is 3.55. The molecule has 0 fully saturated rings. The van der Waals surface area contributed by atoms with Crippen LogP contribution in [-0.4, -0.2) is 29.1 Å². The molecule has 1 aromatic heterocycles. The molecule has 2 heterocycles. The van der Waals surface area contributed by atoms with Gasteiger partial charge in [0, 0.05) is 17.4 Å². The molecule has 0 saturated carbocycles. The van der Waals surface area contributed by atoms with Gasteiger partial charge >= 0.3 is 0 Å². The number of carbonyl (C=O) groups excluding carboxylic acids is 1. The van der Waals surface area contributed by atoms with E-state index >= 15 is 0 Å². The Morgan fingerprint density at radius 3 is 2.41 bits per heavy atom. The number of amides is 1. The van der Waals surface area contributed by atoms with Crippen molar-refractivity contribution < 1.29 is 14.3 Å². The number of benzene rings is 2. The number of ether oxygens (including phenoxy) is 2. The van der Waals surface area contributed by atoms with E-state index in [-0.39, 0.29) is 11.6 Å². The van der Waals surface area contributed by atoms with Crippen LogP contribution in [0.25, 0.3) is 0 Å². The van der Waals surface area contributed by atoms with Gasteiger partial charge in [-0.2, -0.15) is 0 Å². The summed E-state index contributed by atoms with van der Waals surface area (Å²) >= 11 is 0. The minimum absolute atomic E-state index is 0.222. The fraction of sp³-hybridized carbons (Fsp3) is 0.150. The molecule has 7 heteroatoms. The molecule has 0 aliphatic carbocycles. The number of carbonyl (C=O) groups is 1. The van der Waals surface area contributed by atoms with E-state index in [1.165, 1.54) is 18.0 Å². The molecule has 0 radical (unpaired) electrons. The molecule has 0 atom stereocenters. The molecular weight excluding hydrogens is 344 g/mol. The summed E-state index contributed by atoms with van der Waals surface area (Å²) in [6.07, 6.45) is 2.96. The molecule has 3 aromatic rings. The lowest BCUT2D eigenvalue weighted by molar-refractivity contribution is 0.102. The fourth-order valence-electron chi connectivity index (χ4n) is 2.61. The van der Waals surface area contributed by atoms with Crippen LogP contribution in [0.2, 0.25) is 0 Å². The summed E-state index contributed by atoms with van der Waals surface area (Å²) in [5.41, 5.74) is 2.91. The molecule has 0 spiro atoms. The van der Waals surface area contributed by atoms with Crippen LogP contribution in [0.3, 0.4) is 0 Å². The topological polar surface area (TPSA) is 85.4 Å². The van der Waals surface area contributed by atoms with Crippen LogP contribution >= 0.6 is 0 Å². The van der Waals surface area contributed by atoms with Crippen molar-refractivity contribution >= 4 is 23.1 Å². The molecule has 2 N–H and O–H groups in total. The lowest BCUT2D eigenvalue weighted by Crippen LogP contribution is -2.17. The SMILES string of the molecule is Cc1ccc(Nc2cnc(C(=O)Nc3ccc4c(c3)OCCO4)cn2)cc1. The maximum atomic E-state index is 12.4. The van der Waals surface area contributed by atoms with Crippen molar-refractivity contribution in [2.75, 3.05) is 23.8 Å². The van der Waals surface area contributed by atoms with Gasteiger partial charge in [0.2, 0.25) is 0 Å². The van der Waals surface area contributed by atoms with Gasteiger partial charge in [-0.05, 0) is 31.2 Å². The summed E-state index contributed by atoms with van der Waals surface area (Å²) in [5.74, 6) is 1.50. The second kappa shape index (κ2) is 7.33. The molecule has 1 aliphatic rings. The Morgan fingerprint density at radius 1 is 0.926 bits per heavy atom. The second-order valence-corrected chi connectivity index (χ2v) is 6.09. The standard InChI is InChI=1S/C20H18N4O3/c1-13-2-4-14(5-3-13)23-19-12-21-16(11-22-19)20(25)24-15-6-7-17-18(10-15)27-9-8-26-17/h2-7,10-12H,8-9H2,1H3,(H,22,23)(H,24,25). The molecule has 1 amide bonds. The van der Waals surface area contributed by atoms with E-state index in [2.05, 4.69) is 20.6 Å². The van der Waals surface area contributed by atoms with Crippen molar-refractivity contribution in [2.45, 2.75) is 6.92 Å². The van der Waals surface area contributed by atoms with Crippen LogP contribution in [0.1, 0.15) is 16.1 Å². The number of hydrogen-bond acceptors (Lipinski definition) is 6. The Balaban J connectivity index is 1.42. The highest BCUT2D eigenvalue weighted by Gasteiger charge is 2.14. The van der Waals surface area contributed by atoms with Crippen LogP contribution in [0.4, 0.5) is 17.2 Å². The second-order valence-electron chi connectivity index (χ2n) is 6.09. The van der Waals surface area contributed by atoms with E-state index in [9.17, 15) is 4.79 Å². The van der Waals surface area contributed by atoms with Gasteiger partial charge in [-0.15, -0.1) is 0 Å². The Hall–Kier alpha value is -3.61. The van der Waals surface area contributed by atoms with E-state index in [1.807, 2.05) is 31.2 Å². The van der Waals surface area contributed by atoms with Crippen molar-refractivity contribution in [3.05, 3.63) is 66.1 Å². The first-order valence-electron chi connectivity index (χ1n) is 8.54. The highest BCUT2D eigenvalue weighted by Crippen LogP contribution is 2.32. The lowest BCUT2D eigenvalue weighted by atomic mass is 10.2. The molecule has 0 bridgehead atoms. The first-order chi connectivity index (χ1) is 13.2. The summed E-state index contributed by atoms with van der Waals surface area (Å²) in [4.78, 5) is 20.8. The zero-order chi connectivity index (χ0) is 18.6. The third-order valence-corrected chi connectivity index (χ3v) is 4.01. The van der Waals surface area contributed by atoms with Gasteiger partial charge in [0.05, 0.1) is 12.4 Å². The number of fused-ring (bicyclic) bond motifs is 1. The number of nitrogens with one attached hydrogen (secondary N) is 2. The number of aryl methyl sites for hydroxylation is 1. The van der Waals surface area contributed by atoms with Gasteiger partial charge in [0.1, 0.15) is 24.7 Å². The van der Waals surface area contributed by atoms with Gasteiger partial charge < -0.3 is 20.1 Å². The Morgan fingerprint density at radius 2 is 1.67 bits per heavy atom. The molecular formula is C20H18N4O3. The summed E-state index contributed by atoms with van der Waals surface area (Å²) in [5, 5.41) is 5.93. The van der Waals surface area contributed by atoms with Crippen molar-refractivity contribution in [1.82, 2.24) is 9.97 Å². The summed E-state index contributed by atoms with van der Waals surface area (Å²) in [6, 6.07) is 13.2. The molecule has 0 unspecified atom stereocenters. The monoisotopic (exact) mass is 362 g/mol. The largest absolute Gasteiger partial charge is 0.486 e. The maximum absolute atomic E-state index is 12.4. The van der Waals surface area contributed by atoms with Gasteiger partial charge in [-0.1, -0.05) is 17.7 Å².